The summed E-state index contributed by atoms with van der Waals surface area (Å²) in [6.45, 7) is 2.58. The Morgan fingerprint density at radius 1 is 1.48 bits per heavy atom. The number of aromatic nitrogens is 1. The topological polar surface area (TPSA) is 69.7 Å². The Morgan fingerprint density at radius 2 is 2.30 bits per heavy atom. The van der Waals surface area contributed by atoms with E-state index in [1.807, 2.05) is 25.1 Å². The van der Waals surface area contributed by atoms with Gasteiger partial charge in [-0.1, -0.05) is 29.0 Å². The van der Waals surface area contributed by atoms with Gasteiger partial charge in [-0.2, -0.15) is 0 Å². The molecule has 6 nitrogen and oxygen atoms in total. The predicted octanol–water partition coefficient (Wildman–Crippen LogP) is 5.14. The van der Waals surface area contributed by atoms with Crippen LogP contribution in [0.15, 0.2) is 30.5 Å². The lowest BCUT2D eigenvalue weighted by molar-refractivity contribution is 0.169. The molecule has 0 bridgehead atoms. The Balaban J connectivity index is 1.55. The first-order chi connectivity index (χ1) is 13.0. The molecule has 1 fully saturated rings. The molecule has 1 atom stereocenters. The van der Waals surface area contributed by atoms with Crippen LogP contribution in [0.5, 0.6) is 16.7 Å². The van der Waals surface area contributed by atoms with Crippen LogP contribution in [0.3, 0.4) is 0 Å². The van der Waals surface area contributed by atoms with Gasteiger partial charge in [-0.3, -0.25) is 0 Å². The molecule has 2 aromatic rings. The van der Waals surface area contributed by atoms with Crippen molar-refractivity contribution in [1.82, 2.24) is 10.3 Å². The number of nitrogens with zero attached hydrogens (tertiary/aromatic N) is 1. The summed E-state index contributed by atoms with van der Waals surface area (Å²) in [6, 6.07) is 5.22. The van der Waals surface area contributed by atoms with Gasteiger partial charge in [0.05, 0.1) is 23.6 Å². The van der Waals surface area contributed by atoms with Gasteiger partial charge >= 0.3 is 6.09 Å². The second kappa shape index (κ2) is 9.10. The van der Waals surface area contributed by atoms with Gasteiger partial charge in [0.15, 0.2) is 0 Å². The fraction of sp³-hybridized carbons (Fsp3) is 0.368. The van der Waals surface area contributed by atoms with E-state index in [4.69, 9.17) is 21.1 Å². The van der Waals surface area contributed by atoms with Gasteiger partial charge in [-0.25, -0.2) is 9.78 Å². The number of benzene rings is 1. The summed E-state index contributed by atoms with van der Waals surface area (Å²) in [5.41, 5.74) is 0. The standard InChI is InChI=1S/C19H21ClN2O4S/c1-12(22-18(23)24-2)3-7-15-10-21-19(27-15)26-17-8-6-14(9-16(17)20)25-11-13-4-5-13/h3,6-10,12-13H,4-5,11H2,1-2H3,(H,22,23)/b7-3+/t12-/m0/s1. The average molecular weight is 409 g/mol. The lowest BCUT2D eigenvalue weighted by atomic mass is 10.3. The molecule has 8 heteroatoms. The second-order valence-corrected chi connectivity index (χ2v) is 7.69. The summed E-state index contributed by atoms with van der Waals surface area (Å²) >= 11 is 7.66. The number of methoxy groups -OCH3 is 1. The van der Waals surface area contributed by atoms with Crippen LogP contribution < -0.4 is 14.8 Å². The number of alkyl carbamates (subject to hydrolysis) is 1. The fourth-order valence-corrected chi connectivity index (χ4v) is 3.07. The Kier molecular flexibility index (Phi) is 6.58. The highest BCUT2D eigenvalue weighted by atomic mass is 35.5. The highest BCUT2D eigenvalue weighted by Crippen LogP contribution is 2.35. The molecule has 0 radical (unpaired) electrons. The summed E-state index contributed by atoms with van der Waals surface area (Å²) < 4.78 is 16.0. The normalized spacial score (nSPS) is 14.8. The molecule has 1 saturated carbocycles. The summed E-state index contributed by atoms with van der Waals surface area (Å²) in [6.07, 6.45) is 7.41. The minimum absolute atomic E-state index is 0.165. The number of rotatable bonds is 8. The smallest absolute Gasteiger partial charge is 0.407 e. The first kappa shape index (κ1) is 19.5. The van der Waals surface area contributed by atoms with Gasteiger partial charge in [-0.05, 0) is 43.9 Å². The molecule has 1 aliphatic carbocycles. The lowest BCUT2D eigenvalue weighted by Crippen LogP contribution is -2.30. The quantitative estimate of drug-likeness (QED) is 0.655. The number of thiazole rings is 1. The lowest BCUT2D eigenvalue weighted by Gasteiger charge is -2.08. The van der Waals surface area contributed by atoms with Crippen LogP contribution in [0.25, 0.3) is 6.08 Å². The number of ether oxygens (including phenoxy) is 3. The molecule has 1 N–H and O–H groups in total. The Morgan fingerprint density at radius 3 is 3.00 bits per heavy atom. The minimum atomic E-state index is -0.473. The largest absolute Gasteiger partial charge is 0.493 e. The molecule has 0 spiro atoms. The molecule has 3 rings (SSSR count). The van der Waals surface area contributed by atoms with Gasteiger partial charge in [0.1, 0.15) is 11.5 Å². The van der Waals surface area contributed by atoms with Crippen LogP contribution in [0.2, 0.25) is 5.02 Å². The van der Waals surface area contributed by atoms with Crippen molar-refractivity contribution in [3.63, 3.8) is 0 Å². The summed E-state index contributed by atoms with van der Waals surface area (Å²) in [4.78, 5) is 16.3. The van der Waals surface area contributed by atoms with E-state index in [-0.39, 0.29) is 6.04 Å². The van der Waals surface area contributed by atoms with E-state index in [1.165, 1.54) is 31.3 Å². The predicted molar refractivity (Wildman–Crippen MR) is 106 cm³/mol. The van der Waals surface area contributed by atoms with Crippen molar-refractivity contribution in [2.45, 2.75) is 25.8 Å². The van der Waals surface area contributed by atoms with Crippen molar-refractivity contribution >= 4 is 35.1 Å². The van der Waals surface area contributed by atoms with E-state index in [0.717, 1.165) is 17.2 Å². The van der Waals surface area contributed by atoms with Crippen molar-refractivity contribution in [3.05, 3.63) is 40.4 Å². The third-order valence-corrected chi connectivity index (χ3v) is 5.00. The number of nitrogens with one attached hydrogen (secondary N) is 1. The molecule has 0 unspecified atom stereocenters. The number of hydrogen-bond donors (Lipinski definition) is 1. The van der Waals surface area contributed by atoms with Gasteiger partial charge in [0.2, 0.25) is 0 Å². The maximum Gasteiger partial charge on any atom is 0.407 e. The van der Waals surface area contributed by atoms with E-state index in [0.29, 0.717) is 21.9 Å². The molecule has 1 aromatic carbocycles. The summed E-state index contributed by atoms with van der Waals surface area (Å²) in [7, 11) is 1.33. The molecule has 0 saturated heterocycles. The third-order valence-electron chi connectivity index (χ3n) is 3.87. The zero-order valence-corrected chi connectivity index (χ0v) is 16.7. The van der Waals surface area contributed by atoms with Gasteiger partial charge < -0.3 is 19.5 Å². The van der Waals surface area contributed by atoms with E-state index in [2.05, 4.69) is 15.0 Å². The van der Waals surface area contributed by atoms with Crippen molar-refractivity contribution in [2.75, 3.05) is 13.7 Å². The number of amides is 1. The molecular weight excluding hydrogens is 388 g/mol. The molecule has 1 aliphatic rings. The minimum Gasteiger partial charge on any atom is -0.493 e. The first-order valence-electron chi connectivity index (χ1n) is 8.62. The average Bonchev–Trinajstić information content (AvgIpc) is 3.38. The zero-order valence-electron chi connectivity index (χ0n) is 15.1. The van der Waals surface area contributed by atoms with Crippen LogP contribution in [-0.2, 0) is 4.74 Å². The van der Waals surface area contributed by atoms with Crippen LogP contribution in [0.4, 0.5) is 4.79 Å². The van der Waals surface area contributed by atoms with E-state index >= 15 is 0 Å². The van der Waals surface area contributed by atoms with Crippen molar-refractivity contribution in [3.8, 4) is 16.7 Å². The van der Waals surface area contributed by atoms with Crippen molar-refractivity contribution < 1.29 is 19.0 Å². The van der Waals surface area contributed by atoms with Gasteiger partial charge in [0.25, 0.3) is 5.19 Å². The van der Waals surface area contributed by atoms with Crippen LogP contribution >= 0.6 is 22.9 Å². The summed E-state index contributed by atoms with van der Waals surface area (Å²) in [5.74, 6) is 1.96. The Bertz CT molecular complexity index is 820. The number of halogens is 1. The SMILES string of the molecule is COC(=O)N[C@@H](C)/C=C/c1cnc(Oc2ccc(OCC3CC3)cc2Cl)s1. The van der Waals surface area contributed by atoms with Crippen LogP contribution in [-0.4, -0.2) is 30.8 Å². The third kappa shape index (κ3) is 6.15. The second-order valence-electron chi connectivity index (χ2n) is 6.26. The molecule has 1 amide bonds. The highest BCUT2D eigenvalue weighted by Gasteiger charge is 2.22. The highest BCUT2D eigenvalue weighted by molar-refractivity contribution is 7.14. The molecule has 1 heterocycles. The fourth-order valence-electron chi connectivity index (χ4n) is 2.17. The van der Waals surface area contributed by atoms with E-state index in [1.54, 1.807) is 18.3 Å². The maximum absolute atomic E-state index is 11.2. The van der Waals surface area contributed by atoms with Crippen LogP contribution in [0, 0.1) is 5.92 Å². The number of carbonyl (C=O) groups is 1. The van der Waals surface area contributed by atoms with Crippen LogP contribution in [0.1, 0.15) is 24.6 Å². The zero-order chi connectivity index (χ0) is 19.2. The van der Waals surface area contributed by atoms with Gasteiger partial charge in [0, 0.05) is 18.3 Å². The molecule has 144 valence electrons. The molecule has 0 aliphatic heterocycles. The van der Waals surface area contributed by atoms with E-state index < -0.39 is 6.09 Å². The van der Waals surface area contributed by atoms with Gasteiger partial charge in [-0.15, -0.1) is 0 Å². The summed E-state index contributed by atoms with van der Waals surface area (Å²) in [5, 5.41) is 3.62. The molecule has 27 heavy (non-hydrogen) atoms. The number of carbonyl (C=O) groups excluding carboxylic acids is 1. The van der Waals surface area contributed by atoms with E-state index in [9.17, 15) is 4.79 Å². The monoisotopic (exact) mass is 408 g/mol. The molecular formula is C19H21ClN2O4S. The van der Waals surface area contributed by atoms with Crippen molar-refractivity contribution in [2.24, 2.45) is 5.92 Å². The Labute approximate surface area is 167 Å². The first-order valence-corrected chi connectivity index (χ1v) is 9.81. The number of hydrogen-bond acceptors (Lipinski definition) is 6. The van der Waals surface area contributed by atoms with Crippen molar-refractivity contribution in [1.29, 1.82) is 0 Å². The Hall–Kier alpha value is -2.25. The maximum atomic E-state index is 11.2. The molecule has 1 aromatic heterocycles.